The predicted octanol–water partition coefficient (Wildman–Crippen LogP) is 1.04. The average molecular weight is 231 g/mol. The molecule has 0 radical (unpaired) electrons. The number of Topliss-reactive ketones (excluding diaryl/α,β-unsaturated/α-hetero) is 1. The van der Waals surface area contributed by atoms with Crippen molar-refractivity contribution in [1.82, 2.24) is 5.32 Å². The molecule has 1 amide bonds. The molecular weight excluding hydrogens is 218 g/mol. The summed E-state index contributed by atoms with van der Waals surface area (Å²) in [5.41, 5.74) is 1.39. The van der Waals surface area contributed by atoms with E-state index in [1.165, 1.54) is 0 Å². The van der Waals surface area contributed by atoms with Crippen molar-refractivity contribution in [2.24, 2.45) is 0 Å². The van der Waals surface area contributed by atoms with Gasteiger partial charge in [-0.3, -0.25) is 9.59 Å². The van der Waals surface area contributed by atoms with E-state index in [2.05, 4.69) is 5.32 Å². The molecule has 1 atom stereocenters. The van der Waals surface area contributed by atoms with E-state index in [1.54, 1.807) is 13.2 Å². The molecule has 1 heterocycles. The van der Waals surface area contributed by atoms with E-state index in [9.17, 15) is 9.59 Å². The summed E-state index contributed by atoms with van der Waals surface area (Å²) in [5.74, 6) is 0.823. The summed E-state index contributed by atoms with van der Waals surface area (Å²) in [7, 11) is 1.58. The van der Waals surface area contributed by atoms with Crippen molar-refractivity contribution in [2.75, 3.05) is 13.7 Å². The molecule has 1 unspecified atom stereocenters. The Morgan fingerprint density at radius 3 is 2.76 bits per heavy atom. The van der Waals surface area contributed by atoms with Crippen LogP contribution in [0.15, 0.2) is 18.2 Å². The quantitative estimate of drug-likeness (QED) is 0.785. The monoisotopic (exact) mass is 231 g/mol. The van der Waals surface area contributed by atoms with Crippen LogP contribution < -0.4 is 10.1 Å². The van der Waals surface area contributed by atoms with Crippen LogP contribution in [0.3, 0.4) is 0 Å². The molecule has 2 aliphatic rings. The summed E-state index contributed by atoms with van der Waals surface area (Å²) in [5, 5.41) is 2.82. The number of ether oxygens (including phenoxy) is 1. The molecule has 1 spiro atoms. The lowest BCUT2D eigenvalue weighted by molar-refractivity contribution is -0.119. The fourth-order valence-corrected chi connectivity index (χ4v) is 2.86. The van der Waals surface area contributed by atoms with Gasteiger partial charge in [0, 0.05) is 30.4 Å². The van der Waals surface area contributed by atoms with Crippen molar-refractivity contribution < 1.29 is 14.3 Å². The molecule has 1 aliphatic heterocycles. The van der Waals surface area contributed by atoms with Crippen molar-refractivity contribution >= 4 is 11.7 Å². The third kappa shape index (κ3) is 1.37. The lowest BCUT2D eigenvalue weighted by atomic mass is 9.81. The van der Waals surface area contributed by atoms with Gasteiger partial charge in [0.15, 0.2) is 5.78 Å². The third-order valence-corrected chi connectivity index (χ3v) is 3.72. The number of hydrogen-bond acceptors (Lipinski definition) is 3. The number of methoxy groups -OCH3 is 1. The number of carbonyl (C=O) groups excluding carboxylic acids is 2. The molecule has 1 fully saturated rings. The lowest BCUT2D eigenvalue weighted by Gasteiger charge is -2.20. The van der Waals surface area contributed by atoms with Gasteiger partial charge in [-0.1, -0.05) is 6.07 Å². The molecule has 4 heteroatoms. The molecule has 1 aromatic carbocycles. The minimum absolute atomic E-state index is 0.0291. The van der Waals surface area contributed by atoms with Gasteiger partial charge >= 0.3 is 0 Å². The van der Waals surface area contributed by atoms with Crippen molar-refractivity contribution in [3.63, 3.8) is 0 Å². The topological polar surface area (TPSA) is 55.4 Å². The molecule has 88 valence electrons. The first-order valence-corrected chi connectivity index (χ1v) is 5.63. The maximum absolute atomic E-state index is 12.0. The van der Waals surface area contributed by atoms with Gasteiger partial charge in [0.05, 0.1) is 7.11 Å². The Bertz CT molecular complexity index is 523. The average Bonchev–Trinajstić information content (AvgIpc) is 2.82. The van der Waals surface area contributed by atoms with E-state index in [0.29, 0.717) is 30.7 Å². The second-order valence-electron chi connectivity index (χ2n) is 4.75. The maximum atomic E-state index is 12.0. The molecule has 3 rings (SSSR count). The summed E-state index contributed by atoms with van der Waals surface area (Å²) >= 11 is 0. The molecule has 0 bridgehead atoms. The highest BCUT2D eigenvalue weighted by molar-refractivity contribution is 6.04. The fourth-order valence-electron chi connectivity index (χ4n) is 2.86. The molecule has 4 nitrogen and oxygen atoms in total. The van der Waals surface area contributed by atoms with Crippen LogP contribution in [-0.4, -0.2) is 25.3 Å². The van der Waals surface area contributed by atoms with Gasteiger partial charge in [0.1, 0.15) is 5.75 Å². The van der Waals surface area contributed by atoms with Crippen LogP contribution >= 0.6 is 0 Å². The van der Waals surface area contributed by atoms with Crippen molar-refractivity contribution in [3.05, 3.63) is 29.3 Å². The summed E-state index contributed by atoms with van der Waals surface area (Å²) in [6, 6.07) is 5.54. The second kappa shape index (κ2) is 3.32. The normalized spacial score (nSPS) is 26.2. The minimum Gasteiger partial charge on any atom is -0.497 e. The first kappa shape index (κ1) is 10.3. The Morgan fingerprint density at radius 1 is 1.29 bits per heavy atom. The van der Waals surface area contributed by atoms with Gasteiger partial charge in [-0.05, 0) is 17.7 Å². The van der Waals surface area contributed by atoms with E-state index in [4.69, 9.17) is 4.74 Å². The number of carbonyl (C=O) groups is 2. The Hall–Kier alpha value is -1.84. The fraction of sp³-hybridized carbons (Fsp3) is 0.385. The number of nitrogens with one attached hydrogen (secondary N) is 1. The third-order valence-electron chi connectivity index (χ3n) is 3.72. The van der Waals surface area contributed by atoms with Crippen LogP contribution in [0, 0.1) is 0 Å². The zero-order valence-electron chi connectivity index (χ0n) is 9.58. The molecule has 0 aromatic heterocycles. The van der Waals surface area contributed by atoms with Gasteiger partial charge in [0.2, 0.25) is 5.91 Å². The van der Waals surface area contributed by atoms with Crippen LogP contribution in [0.4, 0.5) is 0 Å². The van der Waals surface area contributed by atoms with Crippen molar-refractivity contribution in [1.29, 1.82) is 0 Å². The molecule has 1 N–H and O–H groups in total. The zero-order chi connectivity index (χ0) is 12.0. The Kier molecular flexibility index (Phi) is 2.02. The van der Waals surface area contributed by atoms with Crippen LogP contribution in [-0.2, 0) is 10.2 Å². The minimum atomic E-state index is -0.310. The number of benzene rings is 1. The summed E-state index contributed by atoms with van der Waals surface area (Å²) < 4.78 is 5.13. The first-order valence-electron chi connectivity index (χ1n) is 5.63. The van der Waals surface area contributed by atoms with Crippen molar-refractivity contribution in [2.45, 2.75) is 18.3 Å². The Morgan fingerprint density at radius 2 is 2.12 bits per heavy atom. The Labute approximate surface area is 99.0 Å². The van der Waals surface area contributed by atoms with E-state index >= 15 is 0 Å². The van der Waals surface area contributed by atoms with Crippen LogP contribution in [0.5, 0.6) is 5.75 Å². The van der Waals surface area contributed by atoms with Gasteiger partial charge in [0.25, 0.3) is 0 Å². The number of ketones is 1. The van der Waals surface area contributed by atoms with E-state index < -0.39 is 0 Å². The number of hydrogen-bond donors (Lipinski definition) is 1. The number of fused-ring (bicyclic) bond motifs is 2. The molecule has 17 heavy (non-hydrogen) atoms. The van der Waals surface area contributed by atoms with Gasteiger partial charge < -0.3 is 10.1 Å². The molecule has 1 aromatic rings. The maximum Gasteiger partial charge on any atom is 0.221 e. The number of rotatable bonds is 1. The SMILES string of the molecule is COc1ccc2c(c1)C(=O)CC21CNC(=O)C1. The van der Waals surface area contributed by atoms with Gasteiger partial charge in [-0.2, -0.15) is 0 Å². The zero-order valence-corrected chi connectivity index (χ0v) is 9.58. The van der Waals surface area contributed by atoms with E-state index in [1.807, 2.05) is 12.1 Å². The van der Waals surface area contributed by atoms with Crippen LogP contribution in [0.1, 0.15) is 28.8 Å². The molecule has 0 saturated carbocycles. The summed E-state index contributed by atoms with van der Waals surface area (Å²) in [4.78, 5) is 23.4. The second-order valence-corrected chi connectivity index (χ2v) is 4.75. The first-order chi connectivity index (χ1) is 8.14. The molecular formula is C13H13NO3. The highest BCUT2D eigenvalue weighted by Gasteiger charge is 2.48. The smallest absolute Gasteiger partial charge is 0.221 e. The highest BCUT2D eigenvalue weighted by Crippen LogP contribution is 2.44. The van der Waals surface area contributed by atoms with Crippen LogP contribution in [0.25, 0.3) is 0 Å². The molecule has 1 saturated heterocycles. The van der Waals surface area contributed by atoms with Crippen molar-refractivity contribution in [3.8, 4) is 5.75 Å². The predicted molar refractivity (Wildman–Crippen MR) is 61.2 cm³/mol. The number of amides is 1. The standard InChI is InChI=1S/C13H13NO3/c1-17-8-2-3-10-9(4-8)11(15)5-13(10)6-12(16)14-7-13/h2-4H,5-7H2,1H3,(H,14,16). The van der Waals surface area contributed by atoms with Crippen LogP contribution in [0.2, 0.25) is 0 Å². The van der Waals surface area contributed by atoms with E-state index in [-0.39, 0.29) is 17.1 Å². The summed E-state index contributed by atoms with van der Waals surface area (Å²) in [6.45, 7) is 0.566. The Balaban J connectivity index is 2.11. The largest absolute Gasteiger partial charge is 0.497 e. The van der Waals surface area contributed by atoms with E-state index in [0.717, 1.165) is 5.56 Å². The summed E-state index contributed by atoms with van der Waals surface area (Å²) in [6.07, 6.45) is 0.840. The van der Waals surface area contributed by atoms with Gasteiger partial charge in [-0.15, -0.1) is 0 Å². The lowest BCUT2D eigenvalue weighted by Crippen LogP contribution is -2.26. The highest BCUT2D eigenvalue weighted by atomic mass is 16.5. The van der Waals surface area contributed by atoms with Gasteiger partial charge in [-0.25, -0.2) is 0 Å². The molecule has 1 aliphatic carbocycles.